The van der Waals surface area contributed by atoms with E-state index in [1.165, 1.54) is 12.1 Å². The van der Waals surface area contributed by atoms with Crippen LogP contribution in [0.1, 0.15) is 30.0 Å². The predicted molar refractivity (Wildman–Crippen MR) is 132 cm³/mol. The van der Waals surface area contributed by atoms with Crippen LogP contribution in [-0.2, 0) is 32.9 Å². The molecular weight excluding hydrogens is 528 g/mol. The van der Waals surface area contributed by atoms with Gasteiger partial charge in [0.2, 0.25) is 11.5 Å². The van der Waals surface area contributed by atoms with E-state index in [0.29, 0.717) is 32.6 Å². The number of alkyl halides is 3. The summed E-state index contributed by atoms with van der Waals surface area (Å²) in [5, 5.41) is 6.12. The van der Waals surface area contributed by atoms with E-state index in [1.54, 1.807) is 25.2 Å². The van der Waals surface area contributed by atoms with Gasteiger partial charge in [-0.2, -0.15) is 13.2 Å². The molecule has 0 unspecified atom stereocenters. The number of anilines is 1. The monoisotopic (exact) mass is 552 g/mol. The second kappa shape index (κ2) is 10.2. The first kappa shape index (κ1) is 27.3. The summed E-state index contributed by atoms with van der Waals surface area (Å²) in [6.45, 7) is -0.646. The Morgan fingerprint density at radius 1 is 1.21 bits per heavy atom. The van der Waals surface area contributed by atoms with E-state index in [9.17, 15) is 31.9 Å². The van der Waals surface area contributed by atoms with Gasteiger partial charge in [0.25, 0.3) is 5.91 Å². The van der Waals surface area contributed by atoms with E-state index in [-0.39, 0.29) is 12.0 Å². The van der Waals surface area contributed by atoms with Gasteiger partial charge in [0.15, 0.2) is 5.11 Å². The molecule has 0 bridgehead atoms. The van der Waals surface area contributed by atoms with Crippen LogP contribution in [0, 0.1) is 5.82 Å². The fourth-order valence-electron chi connectivity index (χ4n) is 4.55. The van der Waals surface area contributed by atoms with Gasteiger partial charge in [0.1, 0.15) is 18.4 Å². The van der Waals surface area contributed by atoms with Crippen molar-refractivity contribution in [2.45, 2.75) is 44.1 Å². The fraction of sp³-hybridized carbons (Fsp3) is 0.360. The number of carbonyl (C=O) groups is 3. The zero-order valence-corrected chi connectivity index (χ0v) is 21.2. The average molecular weight is 553 g/mol. The zero-order valence-electron chi connectivity index (χ0n) is 20.4. The first-order valence-electron chi connectivity index (χ1n) is 11.6. The molecule has 8 nitrogen and oxygen atoms in total. The lowest BCUT2D eigenvalue weighted by Gasteiger charge is -2.31. The maximum atomic E-state index is 13.6. The van der Waals surface area contributed by atoms with Crippen LogP contribution in [0.15, 0.2) is 42.5 Å². The van der Waals surface area contributed by atoms with Gasteiger partial charge in [-0.15, -0.1) is 0 Å². The Hall–Kier alpha value is -3.74. The standard InChI is InChI=1S/C25H24F4N4O4S/c1-14(25(27,28)29)32(12-15-3-5-17(26)6-4-15)20(34)13-33-21(35)24(37-23(33)36)10-9-16-11-18(7-8-19(16)24)31-22(38)30-2/h3-8,11,14H,9-10,12-13H2,1-2H3,(H2,30,31,38)/t14-,24+/m0/s1. The lowest BCUT2D eigenvalue weighted by molar-refractivity contribution is -0.187. The maximum absolute atomic E-state index is 13.6. The lowest BCUT2D eigenvalue weighted by atomic mass is 9.94. The SMILES string of the molecule is CNC(=S)Nc1ccc2c(c1)CC[C@@]21OC(=O)N(CC(=O)N(Cc2ccc(F)cc2)[C@@H](C)C(F)(F)F)C1=O. The van der Waals surface area contributed by atoms with Crippen LogP contribution in [0.2, 0.25) is 0 Å². The molecule has 38 heavy (non-hydrogen) atoms. The molecule has 2 atom stereocenters. The molecule has 1 heterocycles. The Bertz CT molecular complexity index is 1290. The normalized spacial score (nSPS) is 19.3. The Morgan fingerprint density at radius 3 is 2.53 bits per heavy atom. The van der Waals surface area contributed by atoms with Crippen molar-refractivity contribution in [3.8, 4) is 0 Å². The number of hydrogen-bond donors (Lipinski definition) is 2. The molecule has 13 heteroatoms. The molecule has 0 aromatic heterocycles. The third-order valence-electron chi connectivity index (χ3n) is 6.67. The molecule has 2 N–H and O–H groups in total. The third-order valence-corrected chi connectivity index (χ3v) is 6.97. The number of benzene rings is 2. The first-order chi connectivity index (χ1) is 17.9. The summed E-state index contributed by atoms with van der Waals surface area (Å²) in [7, 11) is 1.65. The van der Waals surface area contributed by atoms with Gasteiger partial charge in [-0.1, -0.05) is 18.2 Å². The smallest absolute Gasteiger partial charge is 0.418 e. The predicted octanol–water partition coefficient (Wildman–Crippen LogP) is 3.84. The Balaban J connectivity index is 1.56. The van der Waals surface area contributed by atoms with Crippen LogP contribution in [0.5, 0.6) is 0 Å². The highest BCUT2D eigenvalue weighted by Crippen LogP contribution is 2.46. The highest BCUT2D eigenvalue weighted by Gasteiger charge is 2.58. The minimum atomic E-state index is -4.78. The van der Waals surface area contributed by atoms with Crippen LogP contribution < -0.4 is 10.6 Å². The first-order valence-corrected chi connectivity index (χ1v) is 12.0. The van der Waals surface area contributed by atoms with Gasteiger partial charge in [0, 0.05) is 31.3 Å². The summed E-state index contributed by atoms with van der Waals surface area (Å²) in [6, 6.07) is 7.43. The minimum Gasteiger partial charge on any atom is -0.427 e. The molecule has 2 aromatic rings. The van der Waals surface area contributed by atoms with E-state index in [0.717, 1.165) is 24.6 Å². The molecule has 0 saturated carbocycles. The number of nitrogens with one attached hydrogen (secondary N) is 2. The van der Waals surface area contributed by atoms with Crippen LogP contribution in [0.25, 0.3) is 0 Å². The van der Waals surface area contributed by atoms with Crippen molar-refractivity contribution >= 4 is 40.9 Å². The van der Waals surface area contributed by atoms with E-state index in [4.69, 9.17) is 17.0 Å². The second-order valence-corrected chi connectivity index (χ2v) is 9.44. The second-order valence-electron chi connectivity index (χ2n) is 9.03. The molecule has 1 aliphatic carbocycles. The Kier molecular flexibility index (Phi) is 7.33. The van der Waals surface area contributed by atoms with E-state index >= 15 is 0 Å². The topological polar surface area (TPSA) is 91.0 Å². The number of thiocarbonyl (C=S) groups is 1. The van der Waals surface area contributed by atoms with Gasteiger partial charge in [-0.05, 0) is 61.0 Å². The Labute approximate surface area is 220 Å². The molecule has 1 saturated heterocycles. The number of amides is 3. The molecule has 1 aliphatic heterocycles. The third kappa shape index (κ3) is 5.15. The summed E-state index contributed by atoms with van der Waals surface area (Å²) in [6.07, 6.45) is -5.38. The van der Waals surface area contributed by atoms with Crippen LogP contribution in [-0.4, -0.2) is 58.6 Å². The summed E-state index contributed by atoms with van der Waals surface area (Å²) < 4.78 is 59.5. The highest BCUT2D eigenvalue weighted by atomic mass is 32.1. The van der Waals surface area contributed by atoms with Gasteiger partial charge < -0.3 is 20.3 Å². The summed E-state index contributed by atoms with van der Waals surface area (Å²) in [5.74, 6) is -2.52. The van der Waals surface area contributed by atoms with Crippen LogP contribution >= 0.6 is 12.2 Å². The largest absolute Gasteiger partial charge is 0.427 e. The number of carbonyl (C=O) groups excluding carboxylic acids is 3. The minimum absolute atomic E-state index is 0.121. The maximum Gasteiger partial charge on any atom is 0.418 e. The molecular formula is C25H24F4N4O4S. The zero-order chi connectivity index (χ0) is 27.8. The quantitative estimate of drug-likeness (QED) is 0.416. The van der Waals surface area contributed by atoms with Crippen LogP contribution in [0.3, 0.4) is 0 Å². The summed E-state index contributed by atoms with van der Waals surface area (Å²) in [4.78, 5) is 40.3. The van der Waals surface area contributed by atoms with Crippen molar-refractivity contribution in [2.24, 2.45) is 0 Å². The van der Waals surface area contributed by atoms with E-state index in [2.05, 4.69) is 10.6 Å². The van der Waals surface area contributed by atoms with Gasteiger partial charge in [0.05, 0.1) is 0 Å². The lowest BCUT2D eigenvalue weighted by Crippen LogP contribution is -2.51. The number of halogens is 4. The summed E-state index contributed by atoms with van der Waals surface area (Å²) in [5.41, 5.74) is 0.410. The van der Waals surface area contributed by atoms with Gasteiger partial charge >= 0.3 is 12.3 Å². The molecule has 0 radical (unpaired) electrons. The van der Waals surface area contributed by atoms with E-state index in [1.807, 2.05) is 0 Å². The van der Waals surface area contributed by atoms with Crippen molar-refractivity contribution in [2.75, 3.05) is 18.9 Å². The number of rotatable bonds is 6. The highest BCUT2D eigenvalue weighted by molar-refractivity contribution is 7.80. The fourth-order valence-corrected chi connectivity index (χ4v) is 4.67. The van der Waals surface area contributed by atoms with E-state index < -0.39 is 54.6 Å². The molecule has 202 valence electrons. The van der Waals surface area contributed by atoms with Crippen molar-refractivity contribution in [1.82, 2.24) is 15.1 Å². The number of ether oxygens (including phenoxy) is 1. The van der Waals surface area contributed by atoms with Gasteiger partial charge in [-0.3, -0.25) is 9.59 Å². The molecule has 1 fully saturated rings. The number of nitrogens with zero attached hydrogens (tertiary/aromatic N) is 2. The van der Waals surface area contributed by atoms with Gasteiger partial charge in [-0.25, -0.2) is 14.1 Å². The van der Waals surface area contributed by atoms with Crippen molar-refractivity contribution in [3.63, 3.8) is 0 Å². The number of imide groups is 1. The average Bonchev–Trinajstić information content (AvgIpc) is 3.34. The number of fused-ring (bicyclic) bond motifs is 2. The number of hydrogen-bond acceptors (Lipinski definition) is 5. The van der Waals surface area contributed by atoms with Crippen LogP contribution in [0.4, 0.5) is 28.0 Å². The van der Waals surface area contributed by atoms with Crippen molar-refractivity contribution < 1.29 is 36.7 Å². The molecule has 3 amide bonds. The molecule has 2 aliphatic rings. The molecule has 2 aromatic carbocycles. The molecule has 4 rings (SSSR count). The summed E-state index contributed by atoms with van der Waals surface area (Å²) >= 11 is 5.09. The molecule has 1 spiro atoms. The Morgan fingerprint density at radius 2 is 1.89 bits per heavy atom. The number of aryl methyl sites for hydroxylation is 1. The van der Waals surface area contributed by atoms with Crippen molar-refractivity contribution in [3.05, 3.63) is 65.0 Å². The van der Waals surface area contributed by atoms with Crippen molar-refractivity contribution in [1.29, 1.82) is 0 Å².